The van der Waals surface area contributed by atoms with Crippen LogP contribution < -0.4 is 5.32 Å². The summed E-state index contributed by atoms with van der Waals surface area (Å²) in [6.45, 7) is 4.25. The highest BCUT2D eigenvalue weighted by Gasteiger charge is 2.18. The summed E-state index contributed by atoms with van der Waals surface area (Å²) in [5, 5.41) is 6.08. The molecule has 0 fully saturated rings. The van der Waals surface area contributed by atoms with Gasteiger partial charge in [0.1, 0.15) is 0 Å². The molecule has 1 N–H and O–H groups in total. The molecule has 0 aliphatic rings. The van der Waals surface area contributed by atoms with Gasteiger partial charge in [-0.1, -0.05) is 15.9 Å². The zero-order valence-corrected chi connectivity index (χ0v) is 12.9. The third-order valence-electron chi connectivity index (χ3n) is 2.77. The van der Waals surface area contributed by atoms with Gasteiger partial charge in [-0.05, 0) is 26.0 Å². The molecule has 6 heteroatoms. The van der Waals surface area contributed by atoms with Gasteiger partial charge in [0.25, 0.3) is 0 Å². The Balaban J connectivity index is 2.12. The minimum absolute atomic E-state index is 0.298. The molecule has 0 aliphatic carbocycles. The van der Waals surface area contributed by atoms with Crippen molar-refractivity contribution in [3.8, 4) is 0 Å². The molecule has 2 rings (SSSR count). The molecular weight excluding hydrogens is 334 g/mol. The van der Waals surface area contributed by atoms with Crippen molar-refractivity contribution in [2.75, 3.05) is 0 Å². The fourth-order valence-electron chi connectivity index (χ4n) is 1.79. The van der Waals surface area contributed by atoms with Crippen LogP contribution in [0.1, 0.15) is 29.2 Å². The number of thiazole rings is 1. The van der Waals surface area contributed by atoms with Gasteiger partial charge in [0, 0.05) is 28.0 Å². The van der Waals surface area contributed by atoms with Crippen molar-refractivity contribution in [2.24, 2.45) is 0 Å². The third-order valence-corrected chi connectivity index (χ3v) is 4.28. The second-order valence-electron chi connectivity index (χ2n) is 4.22. The highest BCUT2D eigenvalue weighted by Crippen LogP contribution is 2.28. The van der Waals surface area contributed by atoms with E-state index in [2.05, 4.69) is 26.2 Å². The number of aryl methyl sites for hydroxylation is 1. The first-order valence-corrected chi connectivity index (χ1v) is 7.44. The normalized spacial score (nSPS) is 12.7. The number of benzene rings is 1. The quantitative estimate of drug-likeness (QED) is 0.832. The lowest BCUT2D eigenvalue weighted by Gasteiger charge is -2.16. The predicted molar refractivity (Wildman–Crippen MR) is 76.2 cm³/mol. The zero-order chi connectivity index (χ0) is 14.0. The average molecular weight is 347 g/mol. The van der Waals surface area contributed by atoms with Crippen LogP contribution in [0.3, 0.4) is 0 Å². The molecule has 1 unspecified atom stereocenters. The number of halogens is 3. The molecule has 19 heavy (non-hydrogen) atoms. The van der Waals surface area contributed by atoms with Gasteiger partial charge >= 0.3 is 0 Å². The maximum Gasteiger partial charge on any atom is 0.164 e. The minimum atomic E-state index is -0.837. The molecule has 0 saturated carbocycles. The molecule has 1 atom stereocenters. The van der Waals surface area contributed by atoms with E-state index in [1.54, 1.807) is 18.3 Å². The van der Waals surface area contributed by atoms with Gasteiger partial charge in [-0.25, -0.2) is 13.8 Å². The smallest absolute Gasteiger partial charge is 0.164 e. The van der Waals surface area contributed by atoms with Crippen LogP contribution >= 0.6 is 27.3 Å². The number of aromatic nitrogens is 1. The van der Waals surface area contributed by atoms with E-state index in [0.717, 1.165) is 16.8 Å². The standard InChI is InChI=1S/C13H13BrF2N2S/c1-7(17-5-9-6-19-8(2)18-9)12-10(14)3-4-11(15)13(12)16/h3-4,6-7,17H,5H2,1-2H3. The van der Waals surface area contributed by atoms with Crippen LogP contribution in [0.15, 0.2) is 22.0 Å². The Morgan fingerprint density at radius 2 is 2.16 bits per heavy atom. The van der Waals surface area contributed by atoms with Crippen LogP contribution in [0.25, 0.3) is 0 Å². The molecule has 0 amide bonds. The number of nitrogens with zero attached hydrogens (tertiary/aromatic N) is 1. The van der Waals surface area contributed by atoms with E-state index in [-0.39, 0.29) is 6.04 Å². The summed E-state index contributed by atoms with van der Waals surface area (Å²) in [6.07, 6.45) is 0. The first-order chi connectivity index (χ1) is 8.99. The van der Waals surface area contributed by atoms with E-state index in [4.69, 9.17) is 0 Å². The van der Waals surface area contributed by atoms with Crippen molar-refractivity contribution < 1.29 is 8.78 Å². The highest BCUT2D eigenvalue weighted by atomic mass is 79.9. The molecule has 0 bridgehead atoms. The second-order valence-corrected chi connectivity index (χ2v) is 6.13. The lowest BCUT2D eigenvalue weighted by Crippen LogP contribution is -2.20. The van der Waals surface area contributed by atoms with Crippen molar-refractivity contribution in [1.29, 1.82) is 0 Å². The molecule has 1 heterocycles. The Labute approximate surface area is 123 Å². The Bertz CT molecular complexity index is 586. The Morgan fingerprint density at radius 1 is 1.42 bits per heavy atom. The number of hydrogen-bond acceptors (Lipinski definition) is 3. The van der Waals surface area contributed by atoms with E-state index in [9.17, 15) is 8.78 Å². The molecule has 0 saturated heterocycles. The molecule has 0 radical (unpaired) electrons. The number of nitrogens with one attached hydrogen (secondary N) is 1. The summed E-state index contributed by atoms with van der Waals surface area (Å²) >= 11 is 4.82. The van der Waals surface area contributed by atoms with Gasteiger partial charge in [-0.2, -0.15) is 0 Å². The Hall–Kier alpha value is -0.850. The summed E-state index contributed by atoms with van der Waals surface area (Å²) in [6, 6.07) is 2.31. The summed E-state index contributed by atoms with van der Waals surface area (Å²) in [5.74, 6) is -1.65. The van der Waals surface area contributed by atoms with Crippen LogP contribution in [0.4, 0.5) is 8.78 Å². The predicted octanol–water partition coefficient (Wildman–Crippen LogP) is 4.34. The number of hydrogen-bond donors (Lipinski definition) is 1. The maximum absolute atomic E-state index is 13.8. The highest BCUT2D eigenvalue weighted by molar-refractivity contribution is 9.10. The summed E-state index contributed by atoms with van der Waals surface area (Å²) in [7, 11) is 0. The molecule has 0 spiro atoms. The molecule has 2 nitrogen and oxygen atoms in total. The van der Waals surface area contributed by atoms with Gasteiger partial charge < -0.3 is 5.32 Å². The first-order valence-electron chi connectivity index (χ1n) is 5.77. The summed E-state index contributed by atoms with van der Waals surface area (Å²) in [5.41, 5.74) is 1.20. The van der Waals surface area contributed by atoms with Crippen molar-refractivity contribution in [1.82, 2.24) is 10.3 Å². The van der Waals surface area contributed by atoms with Gasteiger partial charge in [0.15, 0.2) is 11.6 Å². The largest absolute Gasteiger partial charge is 0.304 e. The van der Waals surface area contributed by atoms with E-state index >= 15 is 0 Å². The Morgan fingerprint density at radius 3 is 2.79 bits per heavy atom. The first kappa shape index (κ1) is 14.6. The summed E-state index contributed by atoms with van der Waals surface area (Å²) in [4.78, 5) is 4.32. The lowest BCUT2D eigenvalue weighted by atomic mass is 10.1. The molecule has 102 valence electrons. The molecule has 0 aliphatic heterocycles. The lowest BCUT2D eigenvalue weighted by molar-refractivity contribution is 0.470. The van der Waals surface area contributed by atoms with E-state index in [0.29, 0.717) is 16.6 Å². The monoisotopic (exact) mass is 346 g/mol. The summed E-state index contributed by atoms with van der Waals surface area (Å²) < 4.78 is 27.6. The van der Waals surface area contributed by atoms with Crippen LogP contribution in [0.5, 0.6) is 0 Å². The van der Waals surface area contributed by atoms with Gasteiger partial charge in [0.2, 0.25) is 0 Å². The van der Waals surface area contributed by atoms with Crippen LogP contribution in [-0.4, -0.2) is 4.98 Å². The van der Waals surface area contributed by atoms with Gasteiger partial charge in [-0.3, -0.25) is 0 Å². The maximum atomic E-state index is 13.8. The molecule has 2 aromatic rings. The van der Waals surface area contributed by atoms with Crippen LogP contribution in [0.2, 0.25) is 0 Å². The SMILES string of the molecule is Cc1nc(CNC(C)c2c(Br)ccc(F)c2F)cs1. The van der Waals surface area contributed by atoms with E-state index in [1.807, 2.05) is 12.3 Å². The van der Waals surface area contributed by atoms with Crippen molar-refractivity contribution in [3.05, 3.63) is 49.9 Å². The molecule has 1 aromatic heterocycles. The molecular formula is C13H13BrF2N2S. The van der Waals surface area contributed by atoms with E-state index < -0.39 is 11.6 Å². The van der Waals surface area contributed by atoms with Gasteiger partial charge in [-0.15, -0.1) is 11.3 Å². The van der Waals surface area contributed by atoms with Crippen LogP contribution in [-0.2, 0) is 6.54 Å². The van der Waals surface area contributed by atoms with Gasteiger partial charge in [0.05, 0.1) is 10.7 Å². The zero-order valence-electron chi connectivity index (χ0n) is 10.5. The van der Waals surface area contributed by atoms with Crippen LogP contribution in [0, 0.1) is 18.6 Å². The topological polar surface area (TPSA) is 24.9 Å². The third kappa shape index (κ3) is 3.38. The van der Waals surface area contributed by atoms with Crippen molar-refractivity contribution in [3.63, 3.8) is 0 Å². The fraction of sp³-hybridized carbons (Fsp3) is 0.308. The Kier molecular flexibility index (Phi) is 4.65. The minimum Gasteiger partial charge on any atom is -0.304 e. The van der Waals surface area contributed by atoms with Crippen molar-refractivity contribution in [2.45, 2.75) is 26.4 Å². The second kappa shape index (κ2) is 6.07. The molecule has 1 aromatic carbocycles. The van der Waals surface area contributed by atoms with E-state index in [1.165, 1.54) is 6.07 Å². The number of rotatable bonds is 4. The van der Waals surface area contributed by atoms with Crippen molar-refractivity contribution >= 4 is 27.3 Å². The average Bonchev–Trinajstić information content (AvgIpc) is 2.78. The fourth-order valence-corrected chi connectivity index (χ4v) is 3.05.